The van der Waals surface area contributed by atoms with Gasteiger partial charge >= 0.3 is 13.3 Å². The number of halogens is 3. The molecule has 1 aliphatic rings. The summed E-state index contributed by atoms with van der Waals surface area (Å²) in [7, 11) is -0.756. The molecule has 0 N–H and O–H groups in total. The summed E-state index contributed by atoms with van der Waals surface area (Å²) in [6.45, 7) is 7.99. The Morgan fingerprint density at radius 2 is 1.64 bits per heavy atom. The highest BCUT2D eigenvalue weighted by Crippen LogP contribution is 2.37. The van der Waals surface area contributed by atoms with E-state index in [1.807, 2.05) is 27.7 Å². The van der Waals surface area contributed by atoms with Gasteiger partial charge in [-0.3, -0.25) is 0 Å². The van der Waals surface area contributed by atoms with Crippen LogP contribution < -0.4 is 10.2 Å². The Morgan fingerprint density at radius 3 is 2.14 bits per heavy atom. The molecule has 1 saturated heterocycles. The molecule has 0 amide bonds. The van der Waals surface area contributed by atoms with Crippen molar-refractivity contribution < 1.29 is 27.2 Å². The lowest BCUT2D eigenvalue weighted by molar-refractivity contribution is -0.153. The van der Waals surface area contributed by atoms with Crippen LogP contribution >= 0.6 is 0 Å². The maximum absolute atomic E-state index is 12.4. The molecule has 1 aromatic rings. The zero-order valence-corrected chi connectivity index (χ0v) is 13.4. The van der Waals surface area contributed by atoms with E-state index in [1.54, 1.807) is 25.1 Å². The van der Waals surface area contributed by atoms with E-state index >= 15 is 0 Å². The summed E-state index contributed by atoms with van der Waals surface area (Å²) >= 11 is 0. The summed E-state index contributed by atoms with van der Waals surface area (Å²) in [4.78, 5) is 0. The minimum atomic E-state index is -4.39. The van der Waals surface area contributed by atoms with Crippen molar-refractivity contribution in [3.63, 3.8) is 0 Å². The predicted molar refractivity (Wildman–Crippen MR) is 78.4 cm³/mol. The average Bonchev–Trinajstić information content (AvgIpc) is 2.55. The van der Waals surface area contributed by atoms with E-state index in [2.05, 4.69) is 0 Å². The van der Waals surface area contributed by atoms with Gasteiger partial charge in [-0.1, -0.05) is 12.1 Å². The quantitative estimate of drug-likeness (QED) is 0.801. The average molecular weight is 316 g/mol. The Kier molecular flexibility index (Phi) is 4.26. The first-order valence-electron chi connectivity index (χ1n) is 7.07. The first-order valence-corrected chi connectivity index (χ1v) is 7.07. The first kappa shape index (κ1) is 17.2. The van der Waals surface area contributed by atoms with Crippen LogP contribution in [0.1, 0.15) is 33.3 Å². The van der Waals surface area contributed by atoms with Gasteiger partial charge < -0.3 is 14.0 Å². The number of hydrogen-bond acceptors (Lipinski definition) is 3. The Morgan fingerprint density at radius 1 is 1.09 bits per heavy atom. The zero-order valence-electron chi connectivity index (χ0n) is 13.4. The monoisotopic (exact) mass is 316 g/mol. The van der Waals surface area contributed by atoms with Gasteiger partial charge in [0.1, 0.15) is 5.75 Å². The van der Waals surface area contributed by atoms with E-state index in [9.17, 15) is 13.2 Å². The second-order valence-corrected chi connectivity index (χ2v) is 6.53. The van der Waals surface area contributed by atoms with E-state index in [0.717, 1.165) is 5.56 Å². The molecule has 0 spiro atoms. The second kappa shape index (κ2) is 5.46. The maximum atomic E-state index is 12.4. The molecule has 0 atom stereocenters. The lowest BCUT2D eigenvalue weighted by Gasteiger charge is -2.32. The third-order valence-electron chi connectivity index (χ3n) is 4.07. The van der Waals surface area contributed by atoms with Crippen LogP contribution in [0.25, 0.3) is 0 Å². The highest BCUT2D eigenvalue weighted by atomic mass is 19.4. The number of alkyl halides is 3. The number of rotatable bonds is 3. The van der Waals surface area contributed by atoms with Crippen LogP contribution in [0, 0.1) is 6.92 Å². The van der Waals surface area contributed by atoms with Gasteiger partial charge in [-0.05, 0) is 46.2 Å². The van der Waals surface area contributed by atoms with E-state index in [0.29, 0.717) is 5.46 Å². The molecule has 1 fully saturated rings. The van der Waals surface area contributed by atoms with Crippen LogP contribution in [0.4, 0.5) is 13.2 Å². The van der Waals surface area contributed by atoms with Crippen LogP contribution in [-0.4, -0.2) is 31.1 Å². The van der Waals surface area contributed by atoms with Crippen molar-refractivity contribution in [1.82, 2.24) is 0 Å². The first-order chi connectivity index (χ1) is 9.91. The third-order valence-corrected chi connectivity index (χ3v) is 4.07. The van der Waals surface area contributed by atoms with Crippen LogP contribution in [0.2, 0.25) is 0 Å². The van der Waals surface area contributed by atoms with Crippen molar-refractivity contribution in [2.75, 3.05) is 6.61 Å². The van der Waals surface area contributed by atoms with E-state index in [1.165, 1.54) is 0 Å². The highest BCUT2D eigenvalue weighted by Gasteiger charge is 2.52. The van der Waals surface area contributed by atoms with Gasteiger partial charge in [0.05, 0.1) is 11.2 Å². The molecular weight excluding hydrogens is 296 g/mol. The van der Waals surface area contributed by atoms with Gasteiger partial charge in [0.2, 0.25) is 0 Å². The van der Waals surface area contributed by atoms with Gasteiger partial charge in [0, 0.05) is 5.46 Å². The third kappa shape index (κ3) is 3.58. The van der Waals surface area contributed by atoms with Crippen molar-refractivity contribution >= 4 is 12.6 Å². The van der Waals surface area contributed by atoms with Crippen LogP contribution in [-0.2, 0) is 9.31 Å². The van der Waals surface area contributed by atoms with Crippen LogP contribution in [0.3, 0.4) is 0 Å². The van der Waals surface area contributed by atoms with Gasteiger partial charge in [-0.25, -0.2) is 0 Å². The predicted octanol–water partition coefficient (Wildman–Crippen LogP) is 3.24. The Balaban J connectivity index is 2.28. The van der Waals surface area contributed by atoms with Gasteiger partial charge in [-0.15, -0.1) is 0 Å². The van der Waals surface area contributed by atoms with Gasteiger partial charge in [-0.2, -0.15) is 13.2 Å². The standard InChI is InChI=1S/C15H20BF3O3/c1-10-6-7-11(12(8-10)20-9-15(17,18)19)16-21-13(2,3)14(4,5)22-16/h6-8H,9H2,1-5H3. The summed E-state index contributed by atoms with van der Waals surface area (Å²) in [5, 5.41) is 0. The largest absolute Gasteiger partial charge is 0.498 e. The fourth-order valence-corrected chi connectivity index (χ4v) is 2.09. The second-order valence-electron chi connectivity index (χ2n) is 6.53. The molecule has 0 radical (unpaired) electrons. The van der Waals surface area contributed by atoms with E-state index in [4.69, 9.17) is 14.0 Å². The van der Waals surface area contributed by atoms with Gasteiger partial charge in [0.25, 0.3) is 0 Å². The Hall–Kier alpha value is -1.21. The molecule has 7 heteroatoms. The number of aryl methyl sites for hydroxylation is 1. The smallest absolute Gasteiger partial charge is 0.484 e. The summed E-state index contributed by atoms with van der Waals surface area (Å²) in [6, 6.07) is 5.04. The van der Waals surface area contributed by atoms with E-state index in [-0.39, 0.29) is 5.75 Å². The minimum absolute atomic E-state index is 0.135. The molecule has 0 saturated carbocycles. The highest BCUT2D eigenvalue weighted by molar-refractivity contribution is 6.63. The molecule has 3 nitrogen and oxygen atoms in total. The Labute approximate surface area is 128 Å². The molecule has 1 aliphatic heterocycles. The normalized spacial score (nSPS) is 20.3. The van der Waals surface area contributed by atoms with E-state index < -0.39 is 31.1 Å². The molecule has 1 heterocycles. The maximum Gasteiger partial charge on any atom is 0.498 e. The fraction of sp³-hybridized carbons (Fsp3) is 0.600. The van der Waals surface area contributed by atoms with Crippen molar-refractivity contribution in [3.05, 3.63) is 23.8 Å². The van der Waals surface area contributed by atoms with Gasteiger partial charge in [0.15, 0.2) is 6.61 Å². The topological polar surface area (TPSA) is 27.7 Å². The molecule has 0 aliphatic carbocycles. The zero-order chi connectivity index (χ0) is 16.8. The summed E-state index contributed by atoms with van der Waals surface area (Å²) in [5.74, 6) is 0.135. The molecule has 22 heavy (non-hydrogen) atoms. The number of hydrogen-bond donors (Lipinski definition) is 0. The summed E-state index contributed by atoms with van der Waals surface area (Å²) in [5.41, 5.74) is 0.138. The van der Waals surface area contributed by atoms with Crippen LogP contribution in [0.5, 0.6) is 5.75 Å². The fourth-order valence-electron chi connectivity index (χ4n) is 2.09. The number of benzene rings is 1. The summed E-state index contributed by atoms with van der Waals surface area (Å²) in [6.07, 6.45) is -4.39. The van der Waals surface area contributed by atoms with Crippen LogP contribution in [0.15, 0.2) is 18.2 Å². The molecule has 2 rings (SSSR count). The lowest BCUT2D eigenvalue weighted by Crippen LogP contribution is -2.41. The summed E-state index contributed by atoms with van der Waals surface area (Å²) < 4.78 is 53.9. The molecule has 0 bridgehead atoms. The SMILES string of the molecule is Cc1ccc(B2OC(C)(C)C(C)(C)O2)c(OCC(F)(F)F)c1. The molecular formula is C15H20BF3O3. The Bertz CT molecular complexity index is 539. The molecule has 122 valence electrons. The molecule has 0 aromatic heterocycles. The number of ether oxygens (including phenoxy) is 1. The van der Waals surface area contributed by atoms with Crippen molar-refractivity contribution in [3.8, 4) is 5.75 Å². The minimum Gasteiger partial charge on any atom is -0.484 e. The molecule has 1 aromatic carbocycles. The lowest BCUT2D eigenvalue weighted by atomic mass is 9.78. The van der Waals surface area contributed by atoms with Crippen molar-refractivity contribution in [2.45, 2.75) is 52.0 Å². The van der Waals surface area contributed by atoms with Crippen molar-refractivity contribution in [1.29, 1.82) is 0 Å². The molecule has 0 unspecified atom stereocenters. The van der Waals surface area contributed by atoms with Crippen molar-refractivity contribution in [2.24, 2.45) is 0 Å².